The molecule has 2 saturated heterocycles. The molecule has 2 heterocycles. The van der Waals surface area contributed by atoms with Crippen LogP contribution in [0.3, 0.4) is 0 Å². The van der Waals surface area contributed by atoms with Crippen LogP contribution >= 0.6 is 0 Å². The van der Waals surface area contributed by atoms with E-state index >= 15 is 0 Å². The van der Waals surface area contributed by atoms with Crippen molar-refractivity contribution in [3.05, 3.63) is 46.3 Å². The number of carbonyl (C=O) groups excluding carboxylic acids is 5. The number of nitrogens with zero attached hydrogens (tertiary/aromatic N) is 5. The number of benzene rings is 1. The van der Waals surface area contributed by atoms with E-state index in [1.165, 1.54) is 14.2 Å². The minimum atomic E-state index is -4.11. The number of likely N-dealkylation sites (N-methyl/N-ethyl adjacent to an activating group) is 1. The maximum atomic E-state index is 14.3. The highest BCUT2D eigenvalue weighted by atomic mass is 32.2. The molecule has 1 aliphatic carbocycles. The van der Waals surface area contributed by atoms with Crippen LogP contribution in [0.4, 0.5) is 0 Å². The second kappa shape index (κ2) is 23.4. The summed E-state index contributed by atoms with van der Waals surface area (Å²) in [7, 11) is 0.578. The zero-order valence-corrected chi connectivity index (χ0v) is 38.4. The molecule has 2 bridgehead atoms. The molecule has 4 rings (SSSR count). The quantitative estimate of drug-likeness (QED) is 0.0512. The van der Waals surface area contributed by atoms with Gasteiger partial charge in [0.1, 0.15) is 12.1 Å². The molecule has 18 nitrogen and oxygen atoms in total. The first-order valence-corrected chi connectivity index (χ1v) is 23.7. The topological polar surface area (TPSA) is 241 Å². The molecule has 19 heteroatoms. The van der Waals surface area contributed by atoms with E-state index in [9.17, 15) is 32.4 Å². The van der Waals surface area contributed by atoms with Crippen LogP contribution in [0.1, 0.15) is 91.5 Å². The van der Waals surface area contributed by atoms with Gasteiger partial charge in [-0.15, -0.1) is 0 Å². The molecule has 62 heavy (non-hydrogen) atoms. The Bertz CT molecular complexity index is 1850. The molecule has 0 spiro atoms. The highest BCUT2D eigenvalue weighted by Crippen LogP contribution is 2.35. The molecule has 5 amide bonds. The monoisotopic (exact) mass is 887 g/mol. The van der Waals surface area contributed by atoms with Gasteiger partial charge in [-0.05, 0) is 67.4 Å². The molecule has 11 atom stereocenters. The number of hydrogen-bond acceptors (Lipinski definition) is 11. The van der Waals surface area contributed by atoms with Crippen molar-refractivity contribution in [1.82, 2.24) is 30.5 Å². The number of likely N-dealkylation sites (tertiary alicyclic amines) is 1. The third-order valence-electron chi connectivity index (χ3n) is 13.0. The van der Waals surface area contributed by atoms with Crippen molar-refractivity contribution in [2.75, 3.05) is 40.1 Å². The van der Waals surface area contributed by atoms with Crippen molar-refractivity contribution in [1.29, 1.82) is 0 Å². The molecule has 1 saturated carbocycles. The second-order valence-electron chi connectivity index (χ2n) is 17.6. The number of sulfonamides is 1. The van der Waals surface area contributed by atoms with Gasteiger partial charge in [0, 0.05) is 51.7 Å². The van der Waals surface area contributed by atoms with Gasteiger partial charge in [0.25, 0.3) is 5.91 Å². The fourth-order valence-electron chi connectivity index (χ4n) is 9.44. The summed E-state index contributed by atoms with van der Waals surface area (Å²) in [4.78, 5) is 75.5. The van der Waals surface area contributed by atoms with Crippen molar-refractivity contribution in [2.45, 2.75) is 141 Å². The number of methoxy groups -OCH3 is 2. The summed E-state index contributed by atoms with van der Waals surface area (Å²) < 4.78 is 39.5. The summed E-state index contributed by atoms with van der Waals surface area (Å²) in [6.07, 6.45) is 3.38. The number of piperidine rings is 1. The first-order valence-electron chi connectivity index (χ1n) is 22.0. The number of carbonyl (C=O) groups is 5. The lowest BCUT2D eigenvalue weighted by molar-refractivity contribution is -0.148. The third-order valence-corrected chi connectivity index (χ3v) is 14.4. The van der Waals surface area contributed by atoms with Gasteiger partial charge in [-0.1, -0.05) is 76.5 Å². The van der Waals surface area contributed by atoms with Gasteiger partial charge in [-0.25, -0.2) is 8.42 Å². The van der Waals surface area contributed by atoms with Gasteiger partial charge in [0.05, 0.1) is 48.4 Å². The van der Waals surface area contributed by atoms with Gasteiger partial charge in [0.15, 0.2) is 0 Å². The van der Waals surface area contributed by atoms with E-state index in [0.29, 0.717) is 37.4 Å². The first-order chi connectivity index (χ1) is 29.5. The molecule has 0 radical (unpaired) electrons. The normalized spacial score (nSPS) is 23.0. The van der Waals surface area contributed by atoms with Gasteiger partial charge < -0.3 is 35.2 Å². The lowest BCUT2D eigenvalue weighted by Gasteiger charge is -2.41. The summed E-state index contributed by atoms with van der Waals surface area (Å²) in [5.74, 6) is -3.47. The lowest BCUT2D eigenvalue weighted by atomic mass is 9.89. The number of hydrogen-bond donors (Lipinski definition) is 4. The van der Waals surface area contributed by atoms with Crippen LogP contribution in [-0.2, 0) is 49.9 Å². The van der Waals surface area contributed by atoms with E-state index in [4.69, 9.17) is 15.0 Å². The Morgan fingerprint density at radius 1 is 1.02 bits per heavy atom. The average Bonchev–Trinajstić information content (AvgIpc) is 4.03. The molecule has 3 fully saturated rings. The van der Waals surface area contributed by atoms with Crippen LogP contribution in [0.2, 0.25) is 0 Å². The Labute approximate surface area is 367 Å². The number of ether oxygens (including phenoxy) is 2. The molecular formula is C43H69N9O9S. The molecule has 1 aromatic rings. The van der Waals surface area contributed by atoms with E-state index in [1.807, 2.05) is 27.7 Å². The Balaban J connectivity index is 1.47. The van der Waals surface area contributed by atoms with E-state index < -0.39 is 69.9 Å². The van der Waals surface area contributed by atoms with E-state index in [0.717, 1.165) is 19.3 Å². The largest absolute Gasteiger partial charge is 0.379 e. The first kappa shape index (κ1) is 50.4. The van der Waals surface area contributed by atoms with Crippen LogP contribution < -0.4 is 20.7 Å². The number of fused-ring (bicyclic) bond motifs is 2. The Hall–Kier alpha value is -4.29. The van der Waals surface area contributed by atoms with Gasteiger partial charge in [-0.3, -0.25) is 28.7 Å². The van der Waals surface area contributed by atoms with Crippen molar-refractivity contribution in [3.8, 4) is 0 Å². The summed E-state index contributed by atoms with van der Waals surface area (Å²) in [6.45, 7) is 9.83. The number of amides is 5. The fourth-order valence-corrected chi connectivity index (χ4v) is 10.5. The van der Waals surface area contributed by atoms with Gasteiger partial charge in [0.2, 0.25) is 33.7 Å². The van der Waals surface area contributed by atoms with E-state index in [1.54, 1.807) is 54.1 Å². The Morgan fingerprint density at radius 3 is 2.31 bits per heavy atom. The molecule has 1 aromatic carbocycles. The van der Waals surface area contributed by atoms with Crippen LogP contribution in [0, 0.1) is 23.7 Å². The predicted octanol–water partition coefficient (Wildman–Crippen LogP) is 3.06. The SMILES string of the molecule is CC[C@H](C)[C@@H]([C@@H](CC(=O)N1CCC[C@H]1[C@H](OC)[C@@H](C)C(=O)N[C@@H](Cc1ccccc1)C(=O)NS(=O)(=O)CCCN=[N+]=[N-])OC)N(C)C(=O)[C@@H](NC(=O)[C@H]1N[C@@H]2CC[C@H]1C2)C(C)C. The summed E-state index contributed by atoms with van der Waals surface area (Å²) >= 11 is 0. The molecule has 4 N–H and O–H groups in total. The fraction of sp³-hybridized carbons (Fsp3) is 0.744. The highest BCUT2D eigenvalue weighted by molar-refractivity contribution is 7.90. The Morgan fingerprint density at radius 2 is 1.73 bits per heavy atom. The molecule has 3 aliphatic rings. The molecule has 2 aliphatic heterocycles. The van der Waals surface area contributed by atoms with Crippen molar-refractivity contribution < 1.29 is 41.9 Å². The number of nitrogens with one attached hydrogen (secondary N) is 4. The number of azide groups is 1. The Kier molecular flexibility index (Phi) is 19.0. The van der Waals surface area contributed by atoms with Gasteiger partial charge in [-0.2, -0.15) is 0 Å². The maximum Gasteiger partial charge on any atom is 0.256 e. The van der Waals surface area contributed by atoms with Crippen LogP contribution in [-0.4, -0.2) is 136 Å². The highest BCUT2D eigenvalue weighted by Gasteiger charge is 2.46. The van der Waals surface area contributed by atoms with Crippen LogP contribution in [0.15, 0.2) is 35.4 Å². The van der Waals surface area contributed by atoms with Crippen LogP contribution in [0.5, 0.6) is 0 Å². The third kappa shape index (κ3) is 13.1. The number of rotatable bonds is 24. The van der Waals surface area contributed by atoms with Crippen LogP contribution in [0.25, 0.3) is 10.4 Å². The van der Waals surface area contributed by atoms with Crippen molar-refractivity contribution >= 4 is 39.6 Å². The molecule has 0 unspecified atom stereocenters. The van der Waals surface area contributed by atoms with Crippen molar-refractivity contribution in [2.24, 2.45) is 28.8 Å². The standard InChI is InChI=1S/C43H69N9O9S/c1-9-27(4)38(51(6)43(57)36(26(2)3)48-42(56)37-30-18-19-31(24-30)46-37)34(60-7)25-35(53)52-21-13-17-33(52)39(61-8)28(5)40(54)47-32(23-29-15-11-10-12-16-29)41(55)49-62(58,59)22-14-20-45-50-44/h10-12,15-16,26-28,30-34,36-39,46H,9,13-14,17-25H2,1-8H3,(H,47,54)(H,48,56)(H,49,55)/t27-,28+,30-,31+,32-,33-,34+,36-,37-,38-,39+/m0/s1. The lowest BCUT2D eigenvalue weighted by Crippen LogP contribution is -2.60. The minimum absolute atomic E-state index is 0.000663. The van der Waals surface area contributed by atoms with Gasteiger partial charge >= 0.3 is 0 Å². The minimum Gasteiger partial charge on any atom is -0.379 e. The summed E-state index contributed by atoms with van der Waals surface area (Å²) in [5.41, 5.74) is 9.19. The summed E-state index contributed by atoms with van der Waals surface area (Å²) in [6, 6.07) is 5.82. The smallest absolute Gasteiger partial charge is 0.256 e. The zero-order valence-electron chi connectivity index (χ0n) is 37.6. The van der Waals surface area contributed by atoms with E-state index in [-0.39, 0.29) is 67.3 Å². The molecule has 346 valence electrons. The van der Waals surface area contributed by atoms with E-state index in [2.05, 4.69) is 30.7 Å². The molecule has 0 aromatic heterocycles. The summed E-state index contributed by atoms with van der Waals surface area (Å²) in [5, 5.41) is 12.6. The average molecular weight is 888 g/mol. The maximum absolute atomic E-state index is 14.3. The zero-order chi connectivity index (χ0) is 45.7. The van der Waals surface area contributed by atoms with Crippen molar-refractivity contribution in [3.63, 3.8) is 0 Å². The second-order valence-corrected chi connectivity index (χ2v) is 19.4. The molecular weight excluding hydrogens is 819 g/mol. The predicted molar refractivity (Wildman–Crippen MR) is 234 cm³/mol.